The summed E-state index contributed by atoms with van der Waals surface area (Å²) in [7, 11) is 0. The number of nitrogens with one attached hydrogen (secondary N) is 1. The Kier molecular flexibility index (Phi) is 4.82. The predicted molar refractivity (Wildman–Crippen MR) is 113 cm³/mol. The van der Waals surface area contributed by atoms with Gasteiger partial charge in [0.1, 0.15) is 5.82 Å². The molecule has 1 aliphatic heterocycles. The maximum atomic E-state index is 13.7. The van der Waals surface area contributed by atoms with Crippen LogP contribution >= 0.6 is 0 Å². The minimum Gasteiger partial charge on any atom is -0.298 e. The number of halogens is 1. The molecule has 1 aliphatic rings. The van der Waals surface area contributed by atoms with Crippen molar-refractivity contribution < 1.29 is 4.39 Å². The van der Waals surface area contributed by atoms with Gasteiger partial charge < -0.3 is 0 Å². The number of piperidine rings is 1. The van der Waals surface area contributed by atoms with Gasteiger partial charge in [0.2, 0.25) is 0 Å². The van der Waals surface area contributed by atoms with E-state index >= 15 is 0 Å². The van der Waals surface area contributed by atoms with E-state index in [0.717, 1.165) is 54.8 Å². The smallest absolute Gasteiger partial charge is 0.123 e. The van der Waals surface area contributed by atoms with Gasteiger partial charge in [-0.3, -0.25) is 15.0 Å². The van der Waals surface area contributed by atoms with Crippen LogP contribution in [0.2, 0.25) is 0 Å². The number of hydrogen-bond donors (Lipinski definition) is 1. The molecule has 29 heavy (non-hydrogen) atoms. The number of aromatic nitrogens is 3. The first-order chi connectivity index (χ1) is 14.3. The van der Waals surface area contributed by atoms with Crippen molar-refractivity contribution in [1.29, 1.82) is 0 Å². The van der Waals surface area contributed by atoms with Gasteiger partial charge >= 0.3 is 0 Å². The number of fused-ring (bicyclic) bond motifs is 1. The fraction of sp³-hybridized carbons (Fsp3) is 0.250. The van der Waals surface area contributed by atoms with Crippen LogP contribution in [0, 0.1) is 5.82 Å². The lowest BCUT2D eigenvalue weighted by Gasteiger charge is -2.33. The minimum absolute atomic E-state index is 0.219. The van der Waals surface area contributed by atoms with Crippen molar-refractivity contribution in [1.82, 2.24) is 20.1 Å². The van der Waals surface area contributed by atoms with Gasteiger partial charge in [0, 0.05) is 41.8 Å². The Morgan fingerprint density at radius 3 is 2.93 bits per heavy atom. The summed E-state index contributed by atoms with van der Waals surface area (Å²) in [5.41, 5.74) is 5.33. The second-order valence-corrected chi connectivity index (χ2v) is 7.77. The van der Waals surface area contributed by atoms with Crippen molar-refractivity contribution in [3.63, 3.8) is 0 Å². The Bertz CT molecular complexity index is 1130. The normalized spacial score (nSPS) is 17.6. The van der Waals surface area contributed by atoms with Crippen molar-refractivity contribution in [2.45, 2.75) is 25.3 Å². The number of rotatable bonds is 4. The third kappa shape index (κ3) is 3.66. The minimum atomic E-state index is -0.219. The molecule has 0 bridgehead atoms. The maximum Gasteiger partial charge on any atom is 0.123 e. The molecule has 0 spiro atoms. The summed E-state index contributed by atoms with van der Waals surface area (Å²) >= 11 is 0. The highest BCUT2D eigenvalue weighted by atomic mass is 19.1. The number of benzene rings is 2. The Hall–Kier alpha value is -3.05. The number of para-hydroxylation sites is 1. The number of H-pyrrole nitrogens is 1. The third-order valence-electron chi connectivity index (χ3n) is 5.83. The first-order valence-electron chi connectivity index (χ1n) is 10.1. The fourth-order valence-corrected chi connectivity index (χ4v) is 4.46. The first kappa shape index (κ1) is 18.0. The van der Waals surface area contributed by atoms with Gasteiger partial charge in [-0.25, -0.2) is 4.39 Å². The molecule has 0 saturated carbocycles. The Balaban J connectivity index is 1.39. The summed E-state index contributed by atoms with van der Waals surface area (Å²) in [5, 5.41) is 8.65. The lowest BCUT2D eigenvalue weighted by molar-refractivity contribution is 0.199. The largest absolute Gasteiger partial charge is 0.298 e. The zero-order valence-corrected chi connectivity index (χ0v) is 16.2. The molecule has 1 unspecified atom stereocenters. The van der Waals surface area contributed by atoms with Crippen LogP contribution < -0.4 is 0 Å². The highest BCUT2D eigenvalue weighted by Gasteiger charge is 2.25. The number of nitrogens with zero attached hydrogens (tertiary/aromatic N) is 3. The maximum absolute atomic E-state index is 13.7. The van der Waals surface area contributed by atoms with Crippen LogP contribution in [-0.2, 0) is 6.54 Å². The van der Waals surface area contributed by atoms with Crippen LogP contribution in [-0.4, -0.2) is 33.2 Å². The molecule has 5 heteroatoms. The van der Waals surface area contributed by atoms with E-state index in [0.29, 0.717) is 5.92 Å². The Morgan fingerprint density at radius 1 is 1.10 bits per heavy atom. The molecule has 5 rings (SSSR count). The molecular weight excluding hydrogens is 363 g/mol. The molecule has 1 N–H and O–H groups in total. The molecule has 0 amide bonds. The van der Waals surface area contributed by atoms with Gasteiger partial charge in [-0.05, 0) is 48.7 Å². The van der Waals surface area contributed by atoms with Crippen LogP contribution in [0.15, 0.2) is 67.0 Å². The molecular formula is C24H23FN4. The van der Waals surface area contributed by atoms with Crippen molar-refractivity contribution in [3.8, 4) is 11.1 Å². The summed E-state index contributed by atoms with van der Waals surface area (Å²) < 4.78 is 13.7. The number of likely N-dealkylation sites (tertiary alicyclic amines) is 1. The summed E-state index contributed by atoms with van der Waals surface area (Å²) in [6.45, 7) is 2.91. The van der Waals surface area contributed by atoms with Crippen molar-refractivity contribution in [3.05, 3.63) is 84.1 Å². The van der Waals surface area contributed by atoms with E-state index in [2.05, 4.69) is 44.3 Å². The number of pyridine rings is 1. The summed E-state index contributed by atoms with van der Waals surface area (Å²) in [5.74, 6) is 0.135. The van der Waals surface area contributed by atoms with Crippen molar-refractivity contribution >= 4 is 10.9 Å². The lowest BCUT2D eigenvalue weighted by atomic mass is 9.90. The summed E-state index contributed by atoms with van der Waals surface area (Å²) in [4.78, 5) is 7.09. The van der Waals surface area contributed by atoms with Gasteiger partial charge in [0.05, 0.1) is 11.7 Å². The van der Waals surface area contributed by atoms with E-state index in [-0.39, 0.29) is 5.82 Å². The molecule has 2 aromatic carbocycles. The summed E-state index contributed by atoms with van der Waals surface area (Å²) in [6.07, 6.45) is 5.91. The lowest BCUT2D eigenvalue weighted by Crippen LogP contribution is -2.34. The molecule has 146 valence electrons. The fourth-order valence-electron chi connectivity index (χ4n) is 4.46. The Labute approximate surface area is 169 Å². The molecule has 1 saturated heterocycles. The van der Waals surface area contributed by atoms with E-state index in [1.54, 1.807) is 12.1 Å². The monoisotopic (exact) mass is 386 g/mol. The number of hydrogen-bond acceptors (Lipinski definition) is 3. The molecule has 4 aromatic rings. The van der Waals surface area contributed by atoms with E-state index in [1.807, 2.05) is 24.5 Å². The summed E-state index contributed by atoms with van der Waals surface area (Å²) in [6, 6.07) is 17.2. The molecule has 1 atom stereocenters. The highest BCUT2D eigenvalue weighted by molar-refractivity contribution is 5.81. The zero-order valence-electron chi connectivity index (χ0n) is 16.2. The Morgan fingerprint density at radius 2 is 2.00 bits per heavy atom. The predicted octanol–water partition coefficient (Wildman–Crippen LogP) is 5.14. The molecule has 1 fully saturated rings. The molecule has 2 aromatic heterocycles. The second kappa shape index (κ2) is 7.76. The third-order valence-corrected chi connectivity index (χ3v) is 5.83. The van der Waals surface area contributed by atoms with Crippen LogP contribution in [0.25, 0.3) is 22.0 Å². The molecule has 4 nitrogen and oxygen atoms in total. The molecule has 3 heterocycles. The van der Waals surface area contributed by atoms with E-state index in [4.69, 9.17) is 0 Å². The van der Waals surface area contributed by atoms with Gasteiger partial charge in [0.25, 0.3) is 0 Å². The van der Waals surface area contributed by atoms with E-state index < -0.39 is 0 Å². The average Bonchev–Trinajstić information content (AvgIpc) is 3.24. The average molecular weight is 386 g/mol. The van der Waals surface area contributed by atoms with Gasteiger partial charge in [-0.1, -0.05) is 36.4 Å². The van der Waals surface area contributed by atoms with Gasteiger partial charge in [-0.2, -0.15) is 5.10 Å². The van der Waals surface area contributed by atoms with Crippen molar-refractivity contribution in [2.24, 2.45) is 0 Å². The quantitative estimate of drug-likeness (QED) is 0.528. The number of aromatic amines is 1. The van der Waals surface area contributed by atoms with Crippen LogP contribution in [0.5, 0.6) is 0 Å². The van der Waals surface area contributed by atoms with Crippen molar-refractivity contribution in [2.75, 3.05) is 13.1 Å². The van der Waals surface area contributed by atoms with Gasteiger partial charge in [-0.15, -0.1) is 0 Å². The van der Waals surface area contributed by atoms with Crippen LogP contribution in [0.4, 0.5) is 4.39 Å². The van der Waals surface area contributed by atoms with Gasteiger partial charge in [0.15, 0.2) is 0 Å². The van der Waals surface area contributed by atoms with Crippen LogP contribution in [0.1, 0.15) is 30.0 Å². The molecule has 0 aliphatic carbocycles. The zero-order chi connectivity index (χ0) is 19.6. The van der Waals surface area contributed by atoms with Crippen LogP contribution in [0.3, 0.4) is 0 Å². The van der Waals surface area contributed by atoms with E-state index in [9.17, 15) is 4.39 Å². The topological polar surface area (TPSA) is 44.8 Å². The standard InChI is InChI=1S/C24H23FN4/c25-21-10-2-6-18(13-21)22-14-27-28-24(22)20-9-4-12-29(16-20)15-19-7-1-5-17-8-3-11-26-23(17)19/h1-3,5-8,10-11,13-14,20H,4,9,12,15-16H2,(H,27,28). The highest BCUT2D eigenvalue weighted by Crippen LogP contribution is 2.34. The first-order valence-corrected chi connectivity index (χ1v) is 10.1. The molecule has 0 radical (unpaired) electrons. The SMILES string of the molecule is Fc1cccc(-c2cn[nH]c2C2CCCN(Cc3cccc4cccnc34)C2)c1. The van der Waals surface area contributed by atoms with E-state index in [1.165, 1.54) is 17.0 Å². The second-order valence-electron chi connectivity index (χ2n) is 7.77.